The van der Waals surface area contributed by atoms with Crippen molar-refractivity contribution >= 4 is 37.1 Å². The minimum absolute atomic E-state index is 0.0555. The predicted octanol–water partition coefficient (Wildman–Crippen LogP) is 4.89. The van der Waals surface area contributed by atoms with Crippen molar-refractivity contribution in [3.63, 3.8) is 0 Å². The van der Waals surface area contributed by atoms with E-state index < -0.39 is 74.3 Å². The minimum Gasteiger partial charge on any atom is -0.463 e. The first-order chi connectivity index (χ1) is 19.7. The molecule has 1 N–H and O–H groups in total. The molecule has 4 rings (SSSR count). The molecule has 0 spiro atoms. The monoisotopic (exact) mass is 633 g/mol. The van der Waals surface area contributed by atoms with Crippen LogP contribution >= 0.6 is 19.3 Å². The quantitative estimate of drug-likeness (QED) is 0.297. The molecule has 0 amide bonds. The fourth-order valence-electron chi connectivity index (χ4n) is 4.16. The largest absolute Gasteiger partial charge is 0.463 e. The van der Waals surface area contributed by atoms with Gasteiger partial charge in [0.05, 0.1) is 24.5 Å². The van der Waals surface area contributed by atoms with Crippen LogP contribution in [0.25, 0.3) is 0 Å². The summed E-state index contributed by atoms with van der Waals surface area (Å²) in [5.41, 5.74) is -0.536. The molecule has 2 aliphatic heterocycles. The molecule has 3 heterocycles. The SMILES string of the molecule is CC(C)C(=O)OC[C@H]1O[C@@H](n2ccc(NP3(=O)OCCC(c4cccc(Cl)c4)O3)nc2=O)C(F)(F)[C@@H]1OC(=O)C(C)C. The molecule has 2 saturated heterocycles. The number of aromatic nitrogens is 2. The number of ether oxygens (including phenoxy) is 3. The maximum atomic E-state index is 15.6. The number of rotatable bonds is 9. The molecule has 230 valence electrons. The maximum absolute atomic E-state index is 15.6. The highest BCUT2D eigenvalue weighted by Crippen LogP contribution is 2.55. The predicted molar refractivity (Wildman–Crippen MR) is 145 cm³/mol. The van der Waals surface area contributed by atoms with E-state index in [1.54, 1.807) is 38.1 Å². The molecule has 0 radical (unpaired) electrons. The van der Waals surface area contributed by atoms with E-state index in [0.29, 0.717) is 21.6 Å². The van der Waals surface area contributed by atoms with E-state index in [1.165, 1.54) is 13.8 Å². The topological polar surface area (TPSA) is 144 Å². The zero-order valence-electron chi connectivity index (χ0n) is 23.2. The van der Waals surface area contributed by atoms with Crippen LogP contribution in [-0.2, 0) is 37.4 Å². The smallest absolute Gasteiger partial charge is 0.434 e. The van der Waals surface area contributed by atoms with E-state index in [9.17, 15) is 18.9 Å². The summed E-state index contributed by atoms with van der Waals surface area (Å²) in [6, 6.07) is 7.90. The van der Waals surface area contributed by atoms with Gasteiger partial charge >= 0.3 is 31.3 Å². The third kappa shape index (κ3) is 7.17. The zero-order valence-corrected chi connectivity index (χ0v) is 24.8. The Morgan fingerprint density at radius 1 is 1.21 bits per heavy atom. The lowest BCUT2D eigenvalue weighted by Crippen LogP contribution is -2.45. The summed E-state index contributed by atoms with van der Waals surface area (Å²) in [7, 11) is -4.02. The van der Waals surface area contributed by atoms with Crippen molar-refractivity contribution < 1.29 is 46.2 Å². The molecule has 0 saturated carbocycles. The second kappa shape index (κ2) is 12.8. The summed E-state index contributed by atoms with van der Waals surface area (Å²) in [5.74, 6) is -7.07. The molecule has 16 heteroatoms. The Morgan fingerprint density at radius 2 is 1.93 bits per heavy atom. The number of nitrogens with one attached hydrogen (secondary N) is 1. The number of nitrogens with zero attached hydrogens (tertiary/aromatic N) is 2. The van der Waals surface area contributed by atoms with E-state index in [1.807, 2.05) is 0 Å². The van der Waals surface area contributed by atoms with Gasteiger partial charge in [0.1, 0.15) is 18.5 Å². The van der Waals surface area contributed by atoms with Gasteiger partial charge in [-0.3, -0.25) is 28.3 Å². The summed E-state index contributed by atoms with van der Waals surface area (Å²) >= 11 is 6.04. The maximum Gasteiger partial charge on any atom is 0.434 e. The molecule has 0 aliphatic carbocycles. The van der Waals surface area contributed by atoms with Crippen LogP contribution in [0.2, 0.25) is 5.02 Å². The molecule has 0 bridgehead atoms. The van der Waals surface area contributed by atoms with Gasteiger partial charge in [0, 0.05) is 17.6 Å². The number of alkyl halides is 2. The van der Waals surface area contributed by atoms with Gasteiger partial charge < -0.3 is 14.2 Å². The van der Waals surface area contributed by atoms with Gasteiger partial charge in [-0.2, -0.15) is 13.8 Å². The van der Waals surface area contributed by atoms with Gasteiger partial charge in [0.15, 0.2) is 6.10 Å². The lowest BCUT2D eigenvalue weighted by atomic mass is 10.1. The van der Waals surface area contributed by atoms with Gasteiger partial charge in [0.25, 0.3) is 0 Å². The molecule has 5 atom stereocenters. The van der Waals surface area contributed by atoms with Gasteiger partial charge in [0.2, 0.25) is 6.23 Å². The Hall–Kier alpha value is -2.90. The highest BCUT2D eigenvalue weighted by molar-refractivity contribution is 7.55. The molecule has 42 heavy (non-hydrogen) atoms. The normalized spacial score (nSPS) is 27.2. The van der Waals surface area contributed by atoms with Crippen molar-refractivity contribution in [3.8, 4) is 0 Å². The Morgan fingerprint density at radius 3 is 2.57 bits per heavy atom. The average Bonchev–Trinajstić information content (AvgIpc) is 3.16. The lowest BCUT2D eigenvalue weighted by molar-refractivity contribution is -0.180. The number of carbonyl (C=O) groups is 2. The van der Waals surface area contributed by atoms with E-state index in [0.717, 1.165) is 12.3 Å². The van der Waals surface area contributed by atoms with E-state index in [4.69, 9.17) is 34.9 Å². The van der Waals surface area contributed by atoms with Crippen molar-refractivity contribution in [1.29, 1.82) is 0 Å². The zero-order chi connectivity index (χ0) is 30.8. The van der Waals surface area contributed by atoms with Crippen molar-refractivity contribution in [2.75, 3.05) is 18.3 Å². The Balaban J connectivity index is 1.54. The van der Waals surface area contributed by atoms with Crippen molar-refractivity contribution in [3.05, 3.63) is 57.6 Å². The number of hydrogen-bond donors (Lipinski definition) is 1. The first kappa shape index (κ1) is 32.0. The first-order valence-corrected chi connectivity index (χ1v) is 15.1. The van der Waals surface area contributed by atoms with Crippen LogP contribution in [0.4, 0.5) is 14.6 Å². The molecule has 2 aromatic rings. The summed E-state index contributed by atoms with van der Waals surface area (Å²) < 4.78 is 71.5. The fraction of sp³-hybridized carbons (Fsp3) is 0.538. The molecule has 2 unspecified atom stereocenters. The molecule has 1 aromatic heterocycles. The summed E-state index contributed by atoms with van der Waals surface area (Å²) in [4.78, 5) is 40.8. The number of hydrogen-bond acceptors (Lipinski definition) is 10. The molecular weight excluding hydrogens is 603 g/mol. The van der Waals surface area contributed by atoms with Crippen LogP contribution in [0.5, 0.6) is 0 Å². The molecule has 1 aromatic carbocycles. The van der Waals surface area contributed by atoms with Gasteiger partial charge in [-0.1, -0.05) is 51.4 Å². The van der Waals surface area contributed by atoms with Crippen molar-refractivity contribution in [1.82, 2.24) is 9.55 Å². The second-order valence-corrected chi connectivity index (χ2v) is 12.5. The first-order valence-electron chi connectivity index (χ1n) is 13.2. The number of anilines is 1. The second-order valence-electron chi connectivity index (χ2n) is 10.4. The number of carbonyl (C=O) groups excluding carboxylic acids is 2. The molecular formula is C26H31ClF2N3O9P. The summed E-state index contributed by atoms with van der Waals surface area (Å²) in [6.45, 7) is 5.45. The van der Waals surface area contributed by atoms with Crippen LogP contribution in [0.1, 0.15) is 52.0 Å². The third-order valence-corrected chi connectivity index (χ3v) is 8.18. The minimum atomic E-state index is -4.02. The van der Waals surface area contributed by atoms with Crippen LogP contribution in [0.15, 0.2) is 41.3 Å². The van der Waals surface area contributed by atoms with Crippen molar-refractivity contribution in [2.24, 2.45) is 11.8 Å². The van der Waals surface area contributed by atoms with Crippen LogP contribution in [0.3, 0.4) is 0 Å². The lowest BCUT2D eigenvalue weighted by Gasteiger charge is -2.30. The van der Waals surface area contributed by atoms with Gasteiger partial charge in [-0.05, 0) is 23.8 Å². The molecule has 2 aliphatic rings. The third-order valence-electron chi connectivity index (χ3n) is 6.39. The van der Waals surface area contributed by atoms with Gasteiger partial charge in [-0.15, -0.1) is 0 Å². The fourth-order valence-corrected chi connectivity index (χ4v) is 5.85. The number of halogens is 3. The number of esters is 2. The Bertz CT molecular complexity index is 1420. The summed E-state index contributed by atoms with van der Waals surface area (Å²) in [6.07, 6.45) is -5.30. The summed E-state index contributed by atoms with van der Waals surface area (Å²) in [5, 5.41) is 2.91. The average molecular weight is 634 g/mol. The van der Waals surface area contributed by atoms with Crippen LogP contribution in [0, 0.1) is 11.8 Å². The van der Waals surface area contributed by atoms with E-state index >= 15 is 8.78 Å². The van der Waals surface area contributed by atoms with Gasteiger partial charge in [-0.25, -0.2) is 9.36 Å². The standard InChI is InChI=1S/C26H31ClF2N3O9P/c1-14(2)22(33)37-13-19-21(40-23(34)15(3)4)26(28,29)24(39-19)32-10-8-20(30-25(32)35)31-42(36)38-11-9-18(41-42)16-6-5-7-17(27)12-16/h5-8,10,12,14-15,18-19,21,24H,9,11,13H2,1-4H3,(H,30,31,35,36)/t18?,19-,21-,24-,42?/m1/s1. The van der Waals surface area contributed by atoms with Crippen LogP contribution in [-0.4, -0.2) is 52.8 Å². The Kier molecular flexibility index (Phi) is 9.73. The van der Waals surface area contributed by atoms with E-state index in [2.05, 4.69) is 10.1 Å². The highest BCUT2D eigenvalue weighted by Gasteiger charge is 2.63. The Labute approximate surface area is 245 Å². The van der Waals surface area contributed by atoms with Crippen molar-refractivity contribution in [2.45, 2.75) is 64.6 Å². The molecule has 12 nitrogen and oxygen atoms in total. The molecule has 2 fully saturated rings. The number of benzene rings is 1. The van der Waals surface area contributed by atoms with E-state index in [-0.39, 0.29) is 12.4 Å². The van der Waals surface area contributed by atoms with Crippen LogP contribution < -0.4 is 10.8 Å². The highest BCUT2D eigenvalue weighted by atomic mass is 35.5.